The van der Waals surface area contributed by atoms with E-state index in [1.807, 2.05) is 18.4 Å². The molecule has 104 valence electrons. The number of primary amides is 1. The molecule has 2 aromatic rings. The highest BCUT2D eigenvalue weighted by Crippen LogP contribution is 2.15. The van der Waals surface area contributed by atoms with E-state index >= 15 is 0 Å². The molecule has 0 radical (unpaired) electrons. The number of benzene rings is 1. The summed E-state index contributed by atoms with van der Waals surface area (Å²) in [7, 11) is 0. The van der Waals surface area contributed by atoms with Gasteiger partial charge in [-0.2, -0.15) is 0 Å². The third-order valence-corrected chi connectivity index (χ3v) is 2.89. The minimum atomic E-state index is -0.636. The number of aromatic nitrogens is 2. The number of rotatable bonds is 4. The number of carbonyl (C=O) groups is 2. The quantitative estimate of drug-likeness (QED) is 0.889. The molecule has 0 fully saturated rings. The maximum atomic E-state index is 12.2. The third-order valence-electron chi connectivity index (χ3n) is 2.89. The molecule has 3 N–H and O–H groups in total. The van der Waals surface area contributed by atoms with Crippen LogP contribution in [0.3, 0.4) is 0 Å². The summed E-state index contributed by atoms with van der Waals surface area (Å²) in [5.41, 5.74) is 5.69. The fourth-order valence-electron chi connectivity index (χ4n) is 1.89. The number of amides is 2. The molecular weight excluding hydrogens is 256 g/mol. The van der Waals surface area contributed by atoms with Crippen LogP contribution >= 0.6 is 0 Å². The van der Waals surface area contributed by atoms with E-state index < -0.39 is 11.8 Å². The zero-order chi connectivity index (χ0) is 14.7. The van der Waals surface area contributed by atoms with Gasteiger partial charge in [0.2, 0.25) is 11.9 Å². The second kappa shape index (κ2) is 5.56. The van der Waals surface area contributed by atoms with Crippen LogP contribution in [0, 0.1) is 0 Å². The van der Waals surface area contributed by atoms with Gasteiger partial charge in [0, 0.05) is 18.4 Å². The number of hydrogen-bond donors (Lipinski definition) is 2. The Kier molecular flexibility index (Phi) is 3.84. The summed E-state index contributed by atoms with van der Waals surface area (Å²) in [4.78, 5) is 27.7. The van der Waals surface area contributed by atoms with Gasteiger partial charge in [-0.15, -0.1) is 0 Å². The van der Waals surface area contributed by atoms with Crippen molar-refractivity contribution in [1.29, 1.82) is 0 Å². The number of nitrogens with two attached hydrogens (primary N) is 1. The minimum Gasteiger partial charge on any atom is -0.366 e. The Morgan fingerprint density at radius 2 is 1.90 bits per heavy atom. The first kappa shape index (κ1) is 13.8. The second-order valence-electron chi connectivity index (χ2n) is 4.62. The van der Waals surface area contributed by atoms with E-state index in [1.54, 1.807) is 30.6 Å². The van der Waals surface area contributed by atoms with Crippen LogP contribution in [0.4, 0.5) is 5.95 Å². The average molecular weight is 272 g/mol. The van der Waals surface area contributed by atoms with E-state index in [0.29, 0.717) is 5.95 Å². The molecule has 0 saturated heterocycles. The van der Waals surface area contributed by atoms with E-state index in [0.717, 1.165) is 0 Å². The molecule has 2 rings (SSSR count). The normalized spacial score (nSPS) is 10.6. The van der Waals surface area contributed by atoms with Gasteiger partial charge in [0.15, 0.2) is 0 Å². The van der Waals surface area contributed by atoms with Gasteiger partial charge in [0.05, 0.1) is 11.1 Å². The average Bonchev–Trinajstić information content (AvgIpc) is 2.87. The predicted octanol–water partition coefficient (Wildman–Crippen LogP) is 1.82. The van der Waals surface area contributed by atoms with Crippen LogP contribution in [0.25, 0.3) is 0 Å². The first-order valence-corrected chi connectivity index (χ1v) is 6.23. The van der Waals surface area contributed by atoms with Crippen LogP contribution in [0.1, 0.15) is 40.6 Å². The van der Waals surface area contributed by atoms with Crippen LogP contribution in [-0.4, -0.2) is 21.4 Å². The van der Waals surface area contributed by atoms with Crippen molar-refractivity contribution in [3.05, 3.63) is 47.8 Å². The topological polar surface area (TPSA) is 90.0 Å². The van der Waals surface area contributed by atoms with E-state index in [4.69, 9.17) is 5.73 Å². The Balaban J connectivity index is 2.29. The molecule has 0 aliphatic rings. The third kappa shape index (κ3) is 2.69. The lowest BCUT2D eigenvalue weighted by atomic mass is 10.1. The van der Waals surface area contributed by atoms with E-state index in [9.17, 15) is 9.59 Å². The summed E-state index contributed by atoms with van der Waals surface area (Å²) in [6, 6.07) is 6.58. The predicted molar refractivity (Wildman–Crippen MR) is 75.5 cm³/mol. The smallest absolute Gasteiger partial charge is 0.258 e. The molecule has 6 heteroatoms. The van der Waals surface area contributed by atoms with Gasteiger partial charge >= 0.3 is 0 Å². The molecule has 0 unspecified atom stereocenters. The monoisotopic (exact) mass is 272 g/mol. The van der Waals surface area contributed by atoms with E-state index in [-0.39, 0.29) is 17.2 Å². The number of anilines is 1. The molecular formula is C14H16N4O2. The van der Waals surface area contributed by atoms with Crippen molar-refractivity contribution in [2.24, 2.45) is 5.73 Å². The molecule has 1 aromatic heterocycles. The summed E-state index contributed by atoms with van der Waals surface area (Å²) in [6.45, 7) is 3.96. The van der Waals surface area contributed by atoms with Crippen LogP contribution in [-0.2, 0) is 0 Å². The summed E-state index contributed by atoms with van der Waals surface area (Å²) in [5.74, 6) is -0.611. The molecule has 0 bridgehead atoms. The van der Waals surface area contributed by atoms with Gasteiger partial charge in [-0.1, -0.05) is 12.1 Å². The summed E-state index contributed by atoms with van der Waals surface area (Å²) >= 11 is 0. The van der Waals surface area contributed by atoms with Gasteiger partial charge in [-0.25, -0.2) is 4.98 Å². The Labute approximate surface area is 116 Å². The highest BCUT2D eigenvalue weighted by molar-refractivity contribution is 6.11. The van der Waals surface area contributed by atoms with Crippen molar-refractivity contribution in [2.75, 3.05) is 5.32 Å². The molecule has 2 amide bonds. The van der Waals surface area contributed by atoms with Crippen molar-refractivity contribution in [1.82, 2.24) is 9.55 Å². The lowest BCUT2D eigenvalue weighted by molar-refractivity contribution is 0.0976. The van der Waals surface area contributed by atoms with Crippen molar-refractivity contribution in [3.63, 3.8) is 0 Å². The first-order valence-electron chi connectivity index (χ1n) is 6.23. The highest BCUT2D eigenvalue weighted by atomic mass is 16.2. The van der Waals surface area contributed by atoms with Crippen molar-refractivity contribution in [3.8, 4) is 0 Å². The molecule has 0 atom stereocenters. The fourth-order valence-corrected chi connectivity index (χ4v) is 1.89. The molecule has 20 heavy (non-hydrogen) atoms. The Morgan fingerprint density at radius 3 is 2.50 bits per heavy atom. The summed E-state index contributed by atoms with van der Waals surface area (Å²) in [5, 5.41) is 2.69. The van der Waals surface area contributed by atoms with Crippen molar-refractivity contribution < 1.29 is 9.59 Å². The molecule has 1 heterocycles. The maximum absolute atomic E-state index is 12.2. The van der Waals surface area contributed by atoms with E-state index in [2.05, 4.69) is 10.3 Å². The standard InChI is InChI=1S/C14H16N4O2/c1-9(2)18-8-7-16-14(18)17-13(20)11-6-4-3-5-10(11)12(15)19/h3-9H,1-2H3,(H2,15,19)(H,16,17,20). The van der Waals surface area contributed by atoms with Crippen LogP contribution in [0.15, 0.2) is 36.7 Å². The Hall–Kier alpha value is -2.63. The van der Waals surface area contributed by atoms with Gasteiger partial charge in [-0.05, 0) is 26.0 Å². The van der Waals surface area contributed by atoms with Gasteiger partial charge < -0.3 is 10.3 Å². The SMILES string of the molecule is CC(C)n1ccnc1NC(=O)c1ccccc1C(N)=O. The number of hydrogen-bond acceptors (Lipinski definition) is 3. The lowest BCUT2D eigenvalue weighted by Gasteiger charge is -2.12. The minimum absolute atomic E-state index is 0.166. The second-order valence-corrected chi connectivity index (χ2v) is 4.62. The molecule has 0 aliphatic heterocycles. The van der Waals surface area contributed by atoms with E-state index in [1.165, 1.54) is 6.07 Å². The van der Waals surface area contributed by atoms with Crippen LogP contribution in [0.2, 0.25) is 0 Å². The number of carbonyl (C=O) groups excluding carboxylic acids is 2. The largest absolute Gasteiger partial charge is 0.366 e. The number of nitrogens with zero attached hydrogens (tertiary/aromatic N) is 2. The van der Waals surface area contributed by atoms with Crippen LogP contribution < -0.4 is 11.1 Å². The zero-order valence-corrected chi connectivity index (χ0v) is 11.3. The molecule has 0 saturated carbocycles. The van der Waals surface area contributed by atoms with Crippen molar-refractivity contribution >= 4 is 17.8 Å². The lowest BCUT2D eigenvalue weighted by Crippen LogP contribution is -2.22. The highest BCUT2D eigenvalue weighted by Gasteiger charge is 2.16. The zero-order valence-electron chi connectivity index (χ0n) is 11.3. The summed E-state index contributed by atoms with van der Waals surface area (Å²) < 4.78 is 1.82. The Bertz CT molecular complexity index is 646. The molecule has 6 nitrogen and oxygen atoms in total. The molecule has 1 aromatic carbocycles. The maximum Gasteiger partial charge on any atom is 0.258 e. The number of imidazole rings is 1. The van der Waals surface area contributed by atoms with Gasteiger partial charge in [-0.3, -0.25) is 14.9 Å². The summed E-state index contributed by atoms with van der Waals surface area (Å²) in [6.07, 6.45) is 3.38. The van der Waals surface area contributed by atoms with Crippen LogP contribution in [0.5, 0.6) is 0 Å². The van der Waals surface area contributed by atoms with Gasteiger partial charge in [0.1, 0.15) is 0 Å². The fraction of sp³-hybridized carbons (Fsp3) is 0.214. The number of nitrogens with one attached hydrogen (secondary N) is 1. The van der Waals surface area contributed by atoms with Gasteiger partial charge in [0.25, 0.3) is 5.91 Å². The first-order chi connectivity index (χ1) is 9.50. The molecule has 0 aliphatic carbocycles. The Morgan fingerprint density at radius 1 is 1.25 bits per heavy atom. The molecule has 0 spiro atoms. The van der Waals surface area contributed by atoms with Crippen molar-refractivity contribution in [2.45, 2.75) is 19.9 Å².